The van der Waals surface area contributed by atoms with E-state index in [9.17, 15) is 13.2 Å². The van der Waals surface area contributed by atoms with Gasteiger partial charge in [-0.3, -0.25) is 4.79 Å². The van der Waals surface area contributed by atoms with Crippen molar-refractivity contribution in [3.8, 4) is 0 Å². The van der Waals surface area contributed by atoms with Crippen molar-refractivity contribution in [1.82, 2.24) is 4.72 Å². The molecule has 1 aromatic rings. The fourth-order valence-electron chi connectivity index (χ4n) is 1.72. The Balaban J connectivity index is 3.02. The molecule has 0 aromatic heterocycles. The summed E-state index contributed by atoms with van der Waals surface area (Å²) in [4.78, 5) is 11.0. The van der Waals surface area contributed by atoms with Crippen molar-refractivity contribution in [1.29, 1.82) is 0 Å². The van der Waals surface area contributed by atoms with Gasteiger partial charge in [-0.25, -0.2) is 13.1 Å². The maximum Gasteiger partial charge on any atom is 0.307 e. The molecule has 0 aliphatic rings. The first-order valence-electron chi connectivity index (χ1n) is 5.97. The summed E-state index contributed by atoms with van der Waals surface area (Å²) in [5.74, 6) is -1.82. The first-order chi connectivity index (χ1) is 8.65. The summed E-state index contributed by atoms with van der Waals surface area (Å²) in [6.45, 7) is 6.61. The zero-order valence-corrected chi connectivity index (χ0v) is 12.3. The van der Waals surface area contributed by atoms with E-state index in [1.165, 1.54) is 13.0 Å². The summed E-state index contributed by atoms with van der Waals surface area (Å²) in [7, 11) is -3.70. The summed E-state index contributed by atoms with van der Waals surface area (Å²) in [5, 5.41) is 8.88. The zero-order valence-electron chi connectivity index (χ0n) is 11.5. The van der Waals surface area contributed by atoms with Crippen LogP contribution < -0.4 is 4.72 Å². The fourth-order valence-corrected chi connectivity index (χ4v) is 3.28. The number of hydrogen-bond acceptors (Lipinski definition) is 3. The Morgan fingerprint density at radius 1 is 1.26 bits per heavy atom. The van der Waals surface area contributed by atoms with Gasteiger partial charge in [0.1, 0.15) is 0 Å². The average Bonchev–Trinajstić information content (AvgIpc) is 2.26. The zero-order chi connectivity index (χ0) is 14.8. The van der Waals surface area contributed by atoms with Crippen LogP contribution in [0.5, 0.6) is 0 Å². The highest BCUT2D eigenvalue weighted by Crippen LogP contribution is 2.17. The lowest BCUT2D eigenvalue weighted by molar-refractivity contribution is -0.141. The van der Waals surface area contributed by atoms with Crippen molar-refractivity contribution in [3.05, 3.63) is 29.3 Å². The number of carboxylic acid groups (broad SMARTS) is 1. The maximum absolute atomic E-state index is 12.2. The van der Waals surface area contributed by atoms with Crippen LogP contribution in [0.3, 0.4) is 0 Å². The molecule has 19 heavy (non-hydrogen) atoms. The van der Waals surface area contributed by atoms with Crippen molar-refractivity contribution >= 4 is 16.0 Å². The van der Waals surface area contributed by atoms with Gasteiger partial charge in [0.2, 0.25) is 10.0 Å². The van der Waals surface area contributed by atoms with Crippen LogP contribution in [0.2, 0.25) is 0 Å². The first kappa shape index (κ1) is 15.7. The molecule has 0 amide bonds. The van der Waals surface area contributed by atoms with Gasteiger partial charge >= 0.3 is 5.97 Å². The Bertz CT molecular complexity index is 580. The largest absolute Gasteiger partial charge is 0.481 e. The van der Waals surface area contributed by atoms with E-state index in [0.717, 1.165) is 5.56 Å². The van der Waals surface area contributed by atoms with Crippen LogP contribution in [0.4, 0.5) is 0 Å². The lowest BCUT2D eigenvalue weighted by atomic mass is 10.1. The Hall–Kier alpha value is -1.40. The Kier molecular flexibility index (Phi) is 4.70. The predicted octanol–water partition coefficient (Wildman–Crippen LogP) is 1.69. The second-order valence-corrected chi connectivity index (χ2v) is 6.49. The van der Waals surface area contributed by atoms with Crippen LogP contribution in [0.25, 0.3) is 0 Å². The van der Waals surface area contributed by atoms with Crippen molar-refractivity contribution in [2.75, 3.05) is 0 Å². The minimum absolute atomic E-state index is 0.183. The number of hydrogen-bond donors (Lipinski definition) is 2. The standard InChI is InChI=1S/C13H19NO4S/c1-8-5-6-12(9(2)7-8)19(17,18)14-11(4)10(3)13(15)16/h5-7,10-11,14H,1-4H3,(H,15,16). The molecule has 2 atom stereocenters. The van der Waals surface area contributed by atoms with Crippen LogP contribution in [0.15, 0.2) is 23.1 Å². The van der Waals surface area contributed by atoms with Gasteiger partial charge in [0.25, 0.3) is 0 Å². The second kappa shape index (κ2) is 5.71. The monoisotopic (exact) mass is 285 g/mol. The normalized spacial score (nSPS) is 14.9. The number of carboxylic acids is 1. The first-order valence-corrected chi connectivity index (χ1v) is 7.46. The molecule has 0 saturated carbocycles. The lowest BCUT2D eigenvalue weighted by Crippen LogP contribution is -2.40. The van der Waals surface area contributed by atoms with E-state index in [-0.39, 0.29) is 4.90 Å². The number of sulfonamides is 1. The molecule has 1 rings (SSSR count). The van der Waals surface area contributed by atoms with E-state index in [1.54, 1.807) is 26.0 Å². The second-order valence-electron chi connectivity index (χ2n) is 4.81. The quantitative estimate of drug-likeness (QED) is 0.862. The fraction of sp³-hybridized carbons (Fsp3) is 0.462. The van der Waals surface area contributed by atoms with Gasteiger partial charge in [-0.15, -0.1) is 0 Å². The summed E-state index contributed by atoms with van der Waals surface area (Å²) >= 11 is 0. The Morgan fingerprint density at radius 2 is 1.84 bits per heavy atom. The number of nitrogens with one attached hydrogen (secondary N) is 1. The van der Waals surface area contributed by atoms with Crippen LogP contribution in [-0.4, -0.2) is 25.5 Å². The molecular weight excluding hydrogens is 266 g/mol. The molecule has 0 aliphatic carbocycles. The van der Waals surface area contributed by atoms with Crippen molar-refractivity contribution in [3.63, 3.8) is 0 Å². The molecule has 0 bridgehead atoms. The molecule has 2 N–H and O–H groups in total. The molecule has 6 heteroatoms. The van der Waals surface area contributed by atoms with E-state index >= 15 is 0 Å². The molecule has 1 aromatic carbocycles. The minimum Gasteiger partial charge on any atom is -0.481 e. The summed E-state index contributed by atoms with van der Waals surface area (Å²) in [6.07, 6.45) is 0. The van der Waals surface area contributed by atoms with Crippen LogP contribution in [0.1, 0.15) is 25.0 Å². The molecule has 0 aliphatic heterocycles. The number of aliphatic carboxylic acids is 1. The molecule has 0 heterocycles. The van der Waals surface area contributed by atoms with Gasteiger partial charge in [-0.1, -0.05) is 24.6 Å². The van der Waals surface area contributed by atoms with E-state index < -0.39 is 28.0 Å². The highest BCUT2D eigenvalue weighted by Gasteiger charge is 2.25. The van der Waals surface area contributed by atoms with Gasteiger partial charge < -0.3 is 5.11 Å². The minimum atomic E-state index is -3.70. The molecular formula is C13H19NO4S. The highest BCUT2D eigenvalue weighted by molar-refractivity contribution is 7.89. The summed E-state index contributed by atoms with van der Waals surface area (Å²) in [5.41, 5.74) is 1.62. The third-order valence-corrected chi connectivity index (χ3v) is 4.82. The lowest BCUT2D eigenvalue weighted by Gasteiger charge is -2.18. The molecule has 0 radical (unpaired) electrons. The van der Waals surface area contributed by atoms with Gasteiger partial charge in [0.15, 0.2) is 0 Å². The van der Waals surface area contributed by atoms with E-state index in [4.69, 9.17) is 5.11 Å². The third kappa shape index (κ3) is 3.78. The molecule has 0 saturated heterocycles. The summed E-state index contributed by atoms with van der Waals surface area (Å²) < 4.78 is 26.8. The molecule has 2 unspecified atom stereocenters. The van der Waals surface area contributed by atoms with Gasteiger partial charge in [-0.05, 0) is 32.4 Å². The Morgan fingerprint density at radius 3 is 2.32 bits per heavy atom. The Labute approximate surface area is 113 Å². The maximum atomic E-state index is 12.2. The predicted molar refractivity (Wildman–Crippen MR) is 72.5 cm³/mol. The van der Waals surface area contributed by atoms with Crippen molar-refractivity contribution in [2.24, 2.45) is 5.92 Å². The van der Waals surface area contributed by atoms with Crippen molar-refractivity contribution in [2.45, 2.75) is 38.6 Å². The van der Waals surface area contributed by atoms with Gasteiger partial charge in [-0.2, -0.15) is 0 Å². The highest BCUT2D eigenvalue weighted by atomic mass is 32.2. The average molecular weight is 285 g/mol. The molecule has 106 valence electrons. The number of aryl methyl sites for hydroxylation is 2. The van der Waals surface area contributed by atoms with Gasteiger partial charge in [0, 0.05) is 6.04 Å². The molecule has 0 spiro atoms. The van der Waals surface area contributed by atoms with E-state index in [2.05, 4.69) is 4.72 Å². The van der Waals surface area contributed by atoms with Crippen LogP contribution in [-0.2, 0) is 14.8 Å². The topological polar surface area (TPSA) is 83.5 Å². The van der Waals surface area contributed by atoms with E-state index in [0.29, 0.717) is 5.56 Å². The molecule has 5 nitrogen and oxygen atoms in total. The van der Waals surface area contributed by atoms with Crippen molar-refractivity contribution < 1.29 is 18.3 Å². The van der Waals surface area contributed by atoms with Crippen LogP contribution in [0, 0.1) is 19.8 Å². The van der Waals surface area contributed by atoms with Gasteiger partial charge in [0.05, 0.1) is 10.8 Å². The number of benzene rings is 1. The summed E-state index contributed by atoms with van der Waals surface area (Å²) in [6, 6.07) is 4.35. The van der Waals surface area contributed by atoms with E-state index in [1.807, 2.05) is 6.92 Å². The third-order valence-electron chi connectivity index (χ3n) is 3.10. The number of carbonyl (C=O) groups is 1. The number of rotatable bonds is 5. The molecule has 0 fully saturated rings. The smallest absolute Gasteiger partial charge is 0.307 e. The van der Waals surface area contributed by atoms with Crippen LogP contribution >= 0.6 is 0 Å². The SMILES string of the molecule is Cc1ccc(S(=O)(=O)NC(C)C(C)C(=O)O)c(C)c1.